The van der Waals surface area contributed by atoms with Crippen LogP contribution in [0.5, 0.6) is 0 Å². The van der Waals surface area contributed by atoms with Crippen LogP contribution in [0.4, 0.5) is 0 Å². The first-order valence-electron chi connectivity index (χ1n) is 4.82. The van der Waals surface area contributed by atoms with Gasteiger partial charge in [-0.3, -0.25) is 5.10 Å². The van der Waals surface area contributed by atoms with E-state index in [0.717, 1.165) is 6.42 Å². The van der Waals surface area contributed by atoms with Gasteiger partial charge in [-0.25, -0.2) is 13.1 Å². The fraction of sp³-hybridized carbons (Fsp3) is 0.667. The Hall–Kier alpha value is -0.880. The van der Waals surface area contributed by atoms with E-state index in [2.05, 4.69) is 14.9 Å². The van der Waals surface area contributed by atoms with Gasteiger partial charge in [0.2, 0.25) is 10.0 Å². The van der Waals surface area contributed by atoms with Crippen molar-refractivity contribution in [2.24, 2.45) is 0 Å². The lowest BCUT2D eigenvalue weighted by Gasteiger charge is -2.23. The van der Waals surface area contributed by atoms with E-state index in [-0.39, 0.29) is 4.90 Å². The number of sulfonamides is 1. The van der Waals surface area contributed by atoms with E-state index in [1.54, 1.807) is 6.92 Å². The third-order valence-electron chi connectivity index (χ3n) is 2.37. The summed E-state index contributed by atoms with van der Waals surface area (Å²) in [5.41, 5.74) is 0.108. The standard InChI is InChI=1S/C9H17N3O2S/c1-5-9(3,4)12-15(13,14)8-6-10-11-7(8)2/h6,12H,5H2,1-4H3,(H,10,11). The average Bonchev–Trinajstić information content (AvgIpc) is 2.50. The maximum atomic E-state index is 11.9. The van der Waals surface area contributed by atoms with Gasteiger partial charge in [-0.1, -0.05) is 6.92 Å². The number of rotatable bonds is 4. The molecule has 0 unspecified atom stereocenters. The maximum absolute atomic E-state index is 11.9. The zero-order chi connectivity index (χ0) is 11.7. The largest absolute Gasteiger partial charge is 0.281 e. The highest BCUT2D eigenvalue weighted by atomic mass is 32.2. The van der Waals surface area contributed by atoms with Crippen LogP contribution in [-0.4, -0.2) is 24.2 Å². The van der Waals surface area contributed by atoms with Crippen molar-refractivity contribution in [3.05, 3.63) is 11.9 Å². The Labute approximate surface area is 90.3 Å². The highest BCUT2D eigenvalue weighted by Crippen LogP contribution is 2.16. The molecule has 1 aromatic heterocycles. The number of nitrogens with zero attached hydrogens (tertiary/aromatic N) is 1. The quantitative estimate of drug-likeness (QED) is 0.817. The van der Waals surface area contributed by atoms with E-state index in [4.69, 9.17) is 0 Å². The number of aromatic amines is 1. The average molecular weight is 231 g/mol. The fourth-order valence-corrected chi connectivity index (χ4v) is 2.72. The van der Waals surface area contributed by atoms with Gasteiger partial charge in [0.15, 0.2) is 0 Å². The molecule has 1 aromatic rings. The van der Waals surface area contributed by atoms with Gasteiger partial charge in [-0.2, -0.15) is 5.10 Å². The maximum Gasteiger partial charge on any atom is 0.244 e. The van der Waals surface area contributed by atoms with Crippen LogP contribution >= 0.6 is 0 Å². The van der Waals surface area contributed by atoms with Gasteiger partial charge in [-0.05, 0) is 27.2 Å². The monoisotopic (exact) mass is 231 g/mol. The molecule has 0 bridgehead atoms. The van der Waals surface area contributed by atoms with E-state index >= 15 is 0 Å². The summed E-state index contributed by atoms with van der Waals surface area (Å²) in [7, 11) is -3.46. The summed E-state index contributed by atoms with van der Waals surface area (Å²) in [6, 6.07) is 0. The number of aryl methyl sites for hydroxylation is 1. The van der Waals surface area contributed by atoms with Crippen LogP contribution in [0.1, 0.15) is 32.9 Å². The molecule has 6 heteroatoms. The Morgan fingerprint density at radius 1 is 1.53 bits per heavy atom. The number of nitrogens with one attached hydrogen (secondary N) is 2. The van der Waals surface area contributed by atoms with Crippen molar-refractivity contribution in [1.82, 2.24) is 14.9 Å². The summed E-state index contributed by atoms with van der Waals surface area (Å²) in [4.78, 5) is 0.212. The summed E-state index contributed by atoms with van der Waals surface area (Å²) >= 11 is 0. The molecule has 0 radical (unpaired) electrons. The molecule has 1 heterocycles. The van der Waals surface area contributed by atoms with Crippen molar-refractivity contribution in [3.8, 4) is 0 Å². The first kappa shape index (κ1) is 12.2. The molecule has 86 valence electrons. The first-order chi connectivity index (χ1) is 6.78. The number of aromatic nitrogens is 2. The minimum atomic E-state index is -3.46. The van der Waals surface area contributed by atoms with Gasteiger partial charge in [0, 0.05) is 5.54 Å². The second-order valence-electron chi connectivity index (χ2n) is 4.20. The van der Waals surface area contributed by atoms with Crippen LogP contribution in [-0.2, 0) is 10.0 Å². The Kier molecular flexibility index (Phi) is 3.20. The van der Waals surface area contributed by atoms with Crippen LogP contribution in [0.2, 0.25) is 0 Å². The molecule has 5 nitrogen and oxygen atoms in total. The van der Waals surface area contributed by atoms with Crippen LogP contribution in [0, 0.1) is 6.92 Å². The lowest BCUT2D eigenvalue weighted by molar-refractivity contribution is 0.439. The molecule has 2 N–H and O–H groups in total. The normalized spacial score (nSPS) is 13.1. The zero-order valence-corrected chi connectivity index (χ0v) is 10.3. The molecule has 0 aliphatic carbocycles. The van der Waals surface area contributed by atoms with Crippen LogP contribution in [0.25, 0.3) is 0 Å². The van der Waals surface area contributed by atoms with Crippen molar-refractivity contribution < 1.29 is 8.42 Å². The molecule has 0 saturated carbocycles. The predicted octanol–water partition coefficient (Wildman–Crippen LogP) is 1.19. The molecule has 0 aliphatic rings. The summed E-state index contributed by atoms with van der Waals surface area (Å²) < 4.78 is 26.5. The number of hydrogen-bond donors (Lipinski definition) is 2. The van der Waals surface area contributed by atoms with E-state index < -0.39 is 15.6 Å². The van der Waals surface area contributed by atoms with Crippen molar-refractivity contribution in [2.45, 2.75) is 44.6 Å². The predicted molar refractivity (Wildman–Crippen MR) is 58.0 cm³/mol. The molecular weight excluding hydrogens is 214 g/mol. The van der Waals surface area contributed by atoms with E-state index in [1.807, 2.05) is 20.8 Å². The topological polar surface area (TPSA) is 74.8 Å². The molecule has 0 aromatic carbocycles. The van der Waals surface area contributed by atoms with E-state index in [0.29, 0.717) is 5.69 Å². The van der Waals surface area contributed by atoms with E-state index in [9.17, 15) is 8.42 Å². The van der Waals surface area contributed by atoms with E-state index in [1.165, 1.54) is 6.20 Å². The molecule has 0 amide bonds. The lowest BCUT2D eigenvalue weighted by atomic mass is 10.0. The van der Waals surface area contributed by atoms with Gasteiger partial charge in [0.1, 0.15) is 4.90 Å². The molecule has 0 spiro atoms. The molecule has 0 atom stereocenters. The van der Waals surface area contributed by atoms with Gasteiger partial charge in [-0.15, -0.1) is 0 Å². The van der Waals surface area contributed by atoms with Crippen LogP contribution in [0.15, 0.2) is 11.1 Å². The second kappa shape index (κ2) is 3.94. The van der Waals surface area contributed by atoms with Gasteiger partial charge < -0.3 is 0 Å². The van der Waals surface area contributed by atoms with Crippen molar-refractivity contribution in [3.63, 3.8) is 0 Å². The van der Waals surface area contributed by atoms with Crippen molar-refractivity contribution in [1.29, 1.82) is 0 Å². The Balaban J connectivity index is 3.01. The Bertz CT molecular complexity index is 434. The number of H-pyrrole nitrogens is 1. The molecule has 0 fully saturated rings. The number of hydrogen-bond acceptors (Lipinski definition) is 3. The smallest absolute Gasteiger partial charge is 0.244 e. The van der Waals surface area contributed by atoms with Gasteiger partial charge in [0.25, 0.3) is 0 Å². The summed E-state index contributed by atoms with van der Waals surface area (Å²) in [6.07, 6.45) is 2.05. The van der Waals surface area contributed by atoms with Crippen molar-refractivity contribution >= 4 is 10.0 Å². The third kappa shape index (κ3) is 2.79. The molecule has 0 saturated heterocycles. The Morgan fingerprint density at radius 3 is 2.53 bits per heavy atom. The van der Waals surface area contributed by atoms with Gasteiger partial charge >= 0.3 is 0 Å². The summed E-state index contributed by atoms with van der Waals surface area (Å²) in [5, 5.41) is 6.31. The van der Waals surface area contributed by atoms with Gasteiger partial charge in [0.05, 0.1) is 11.9 Å². The lowest BCUT2D eigenvalue weighted by Crippen LogP contribution is -2.42. The summed E-state index contributed by atoms with van der Waals surface area (Å²) in [6.45, 7) is 7.31. The minimum absolute atomic E-state index is 0.212. The van der Waals surface area contributed by atoms with Crippen LogP contribution < -0.4 is 4.72 Å². The Morgan fingerprint density at radius 2 is 2.13 bits per heavy atom. The molecule has 1 rings (SSSR count). The second-order valence-corrected chi connectivity index (χ2v) is 5.85. The molecule has 15 heavy (non-hydrogen) atoms. The minimum Gasteiger partial charge on any atom is -0.281 e. The van der Waals surface area contributed by atoms with Crippen LogP contribution in [0.3, 0.4) is 0 Å². The zero-order valence-electron chi connectivity index (χ0n) is 9.46. The van der Waals surface area contributed by atoms with Crippen molar-refractivity contribution in [2.75, 3.05) is 0 Å². The fourth-order valence-electron chi connectivity index (χ4n) is 1.10. The highest BCUT2D eigenvalue weighted by molar-refractivity contribution is 7.89. The first-order valence-corrected chi connectivity index (χ1v) is 6.31. The molecular formula is C9H17N3O2S. The highest BCUT2D eigenvalue weighted by Gasteiger charge is 2.26. The third-order valence-corrected chi connectivity index (χ3v) is 4.18. The summed E-state index contributed by atoms with van der Waals surface area (Å²) in [5.74, 6) is 0. The molecule has 0 aliphatic heterocycles. The SMILES string of the molecule is CCC(C)(C)NS(=O)(=O)c1cn[nH]c1C.